The van der Waals surface area contributed by atoms with Crippen LogP contribution < -0.4 is 4.72 Å². The molecular weight excluding hydrogens is 497 g/mol. The van der Waals surface area contributed by atoms with Crippen LogP contribution in [0.4, 0.5) is 10.1 Å². The van der Waals surface area contributed by atoms with Crippen molar-refractivity contribution in [1.82, 2.24) is 19.8 Å². The minimum absolute atomic E-state index is 0.0490. The Balaban J connectivity index is 1.23. The average Bonchev–Trinajstić information content (AvgIpc) is 2.92. The number of carbonyl (C=O) groups excluding carboxylic acids is 2. The summed E-state index contributed by atoms with van der Waals surface area (Å²) in [6.07, 6.45) is 3.89. The first-order chi connectivity index (χ1) is 17.8. The number of benzene rings is 2. The largest absolute Gasteiger partial charge is 0.335 e. The number of pyridine rings is 2. The number of nitrogens with one attached hydrogen (secondary N) is 1. The maximum absolute atomic E-state index is 13.9. The maximum atomic E-state index is 13.9. The summed E-state index contributed by atoms with van der Waals surface area (Å²) in [5.41, 5.74) is 1.01. The summed E-state index contributed by atoms with van der Waals surface area (Å²) in [6.45, 7) is 1.12. The van der Waals surface area contributed by atoms with Crippen LogP contribution in [-0.4, -0.2) is 66.2 Å². The minimum Gasteiger partial charge on any atom is -0.335 e. The van der Waals surface area contributed by atoms with Gasteiger partial charge in [-0.05, 0) is 42.5 Å². The molecule has 9 nitrogen and oxygen atoms in total. The van der Waals surface area contributed by atoms with E-state index in [1.165, 1.54) is 41.6 Å². The smallest absolute Gasteiger partial charge is 0.264 e. The predicted molar refractivity (Wildman–Crippen MR) is 135 cm³/mol. The molecule has 1 aliphatic rings. The summed E-state index contributed by atoms with van der Waals surface area (Å²) in [5.74, 6) is -1.36. The van der Waals surface area contributed by atoms with Crippen LogP contribution in [0.1, 0.15) is 20.7 Å². The molecule has 2 amide bonds. The first-order valence-corrected chi connectivity index (χ1v) is 13.0. The number of rotatable bonds is 5. The van der Waals surface area contributed by atoms with Crippen LogP contribution in [0.3, 0.4) is 0 Å². The maximum Gasteiger partial charge on any atom is 0.264 e. The number of hydrogen-bond acceptors (Lipinski definition) is 6. The van der Waals surface area contributed by atoms with Crippen molar-refractivity contribution in [2.45, 2.75) is 4.90 Å². The number of para-hydroxylation sites is 1. The van der Waals surface area contributed by atoms with Crippen molar-refractivity contribution in [2.75, 3.05) is 30.9 Å². The molecule has 4 aromatic rings. The van der Waals surface area contributed by atoms with E-state index in [1.807, 2.05) is 0 Å². The SMILES string of the molecule is O=C(c1ccc(NS(=O)(=O)c2cccc3cccnc23)cc1)N1CCN(C(=O)c2ccncc2F)CC1. The standard InChI is InChI=1S/C26H22FN5O4S/c27-22-17-28-12-10-21(22)26(34)32-15-13-31(14-16-32)25(33)19-6-8-20(9-7-19)30-37(35,36)23-5-1-3-18-4-2-11-29-24(18)23/h1-12,17,30H,13-16H2. The number of hydrogen-bond donors (Lipinski definition) is 1. The Labute approximate surface area is 212 Å². The third kappa shape index (κ3) is 4.98. The molecule has 1 fully saturated rings. The third-order valence-electron chi connectivity index (χ3n) is 6.13. The lowest BCUT2D eigenvalue weighted by Crippen LogP contribution is -2.50. The molecule has 0 radical (unpaired) electrons. The van der Waals surface area contributed by atoms with Crippen molar-refractivity contribution in [3.63, 3.8) is 0 Å². The summed E-state index contributed by atoms with van der Waals surface area (Å²) >= 11 is 0. The molecule has 0 atom stereocenters. The molecule has 0 aliphatic carbocycles. The number of nitrogens with zero attached hydrogens (tertiary/aromatic N) is 4. The van der Waals surface area contributed by atoms with Gasteiger partial charge >= 0.3 is 0 Å². The zero-order valence-electron chi connectivity index (χ0n) is 19.5. The van der Waals surface area contributed by atoms with Crippen LogP contribution >= 0.6 is 0 Å². The van der Waals surface area contributed by atoms with E-state index in [0.29, 0.717) is 35.2 Å². The zero-order valence-corrected chi connectivity index (χ0v) is 20.4. The Hall–Kier alpha value is -4.38. The van der Waals surface area contributed by atoms with Gasteiger partial charge in [0.25, 0.3) is 21.8 Å². The van der Waals surface area contributed by atoms with Gasteiger partial charge in [-0.25, -0.2) is 12.8 Å². The molecule has 11 heteroatoms. The highest BCUT2D eigenvalue weighted by molar-refractivity contribution is 7.93. The van der Waals surface area contributed by atoms with E-state index in [-0.39, 0.29) is 29.5 Å². The Bertz CT molecular complexity index is 1580. The zero-order chi connectivity index (χ0) is 26.0. The Morgan fingerprint density at radius 3 is 2.22 bits per heavy atom. The highest BCUT2D eigenvalue weighted by Crippen LogP contribution is 2.24. The number of sulfonamides is 1. The van der Waals surface area contributed by atoms with E-state index >= 15 is 0 Å². The van der Waals surface area contributed by atoms with Gasteiger partial charge in [-0.15, -0.1) is 0 Å². The summed E-state index contributed by atoms with van der Waals surface area (Å²) in [7, 11) is -3.91. The molecular formula is C26H22FN5O4S. The molecule has 37 heavy (non-hydrogen) atoms. The first-order valence-electron chi connectivity index (χ1n) is 11.5. The van der Waals surface area contributed by atoms with E-state index in [2.05, 4.69) is 14.7 Å². The van der Waals surface area contributed by atoms with Gasteiger partial charge in [-0.1, -0.05) is 18.2 Å². The highest BCUT2D eigenvalue weighted by Gasteiger charge is 2.27. The van der Waals surface area contributed by atoms with Gasteiger partial charge < -0.3 is 9.80 Å². The number of piperazine rings is 1. The minimum atomic E-state index is -3.91. The van der Waals surface area contributed by atoms with Crippen molar-refractivity contribution in [3.05, 3.63) is 96.2 Å². The second kappa shape index (κ2) is 9.94. The van der Waals surface area contributed by atoms with Crippen molar-refractivity contribution in [2.24, 2.45) is 0 Å². The van der Waals surface area contributed by atoms with Crippen LogP contribution in [-0.2, 0) is 10.0 Å². The van der Waals surface area contributed by atoms with Crippen LogP contribution in [0.25, 0.3) is 10.9 Å². The number of aromatic nitrogens is 2. The van der Waals surface area contributed by atoms with Crippen molar-refractivity contribution in [3.8, 4) is 0 Å². The van der Waals surface area contributed by atoms with Gasteiger partial charge in [-0.3, -0.25) is 24.3 Å². The lowest BCUT2D eigenvalue weighted by molar-refractivity contribution is 0.0532. The topological polar surface area (TPSA) is 113 Å². The van der Waals surface area contributed by atoms with Crippen molar-refractivity contribution in [1.29, 1.82) is 0 Å². The molecule has 0 spiro atoms. The molecule has 0 unspecified atom stereocenters. The summed E-state index contributed by atoms with van der Waals surface area (Å²) in [4.78, 5) is 36.6. The Morgan fingerprint density at radius 2 is 1.51 bits per heavy atom. The lowest BCUT2D eigenvalue weighted by atomic mass is 10.1. The van der Waals surface area contributed by atoms with E-state index in [0.717, 1.165) is 6.20 Å². The van der Waals surface area contributed by atoms with E-state index in [1.54, 1.807) is 41.3 Å². The average molecular weight is 520 g/mol. The van der Waals surface area contributed by atoms with Crippen molar-refractivity contribution < 1.29 is 22.4 Å². The predicted octanol–water partition coefficient (Wildman–Crippen LogP) is 3.17. The van der Waals surface area contributed by atoms with Crippen LogP contribution in [0, 0.1) is 5.82 Å². The van der Waals surface area contributed by atoms with Gasteiger partial charge in [0.1, 0.15) is 4.90 Å². The monoisotopic (exact) mass is 519 g/mol. The number of halogens is 1. The second-order valence-corrected chi connectivity index (χ2v) is 10.1. The van der Waals surface area contributed by atoms with E-state index in [9.17, 15) is 22.4 Å². The molecule has 188 valence electrons. The molecule has 2 aromatic heterocycles. The quantitative estimate of drug-likeness (QED) is 0.434. The molecule has 2 aromatic carbocycles. The van der Waals surface area contributed by atoms with Crippen molar-refractivity contribution >= 4 is 38.4 Å². The summed E-state index contributed by atoms with van der Waals surface area (Å²) in [5, 5.41) is 0.707. The van der Waals surface area contributed by atoms with E-state index in [4.69, 9.17) is 0 Å². The van der Waals surface area contributed by atoms with Crippen LogP contribution in [0.5, 0.6) is 0 Å². The normalized spacial score (nSPS) is 14.0. The Morgan fingerprint density at radius 1 is 0.838 bits per heavy atom. The Kier molecular flexibility index (Phi) is 6.53. The van der Waals surface area contributed by atoms with Gasteiger partial charge in [-0.2, -0.15) is 0 Å². The van der Waals surface area contributed by atoms with Crippen LogP contribution in [0.15, 0.2) is 84.1 Å². The fourth-order valence-electron chi connectivity index (χ4n) is 4.20. The molecule has 1 aliphatic heterocycles. The number of anilines is 1. The molecule has 3 heterocycles. The third-order valence-corrected chi connectivity index (χ3v) is 7.54. The summed E-state index contributed by atoms with van der Waals surface area (Å²) in [6, 6.07) is 15.9. The lowest BCUT2D eigenvalue weighted by Gasteiger charge is -2.35. The van der Waals surface area contributed by atoms with Gasteiger partial charge in [0.15, 0.2) is 5.82 Å². The molecule has 1 saturated heterocycles. The van der Waals surface area contributed by atoms with Gasteiger partial charge in [0.05, 0.1) is 17.3 Å². The number of amides is 2. The molecule has 0 saturated carbocycles. The molecule has 0 bridgehead atoms. The fraction of sp³-hybridized carbons (Fsp3) is 0.154. The van der Waals surface area contributed by atoms with Crippen LogP contribution in [0.2, 0.25) is 0 Å². The molecule has 5 rings (SSSR count). The van der Waals surface area contributed by atoms with Gasteiger partial charge in [0.2, 0.25) is 0 Å². The first kappa shape index (κ1) is 24.3. The summed E-state index contributed by atoms with van der Waals surface area (Å²) < 4.78 is 42.5. The molecule has 1 N–H and O–H groups in total. The fourth-order valence-corrected chi connectivity index (χ4v) is 5.44. The second-order valence-electron chi connectivity index (χ2n) is 8.45. The number of carbonyl (C=O) groups is 2. The highest BCUT2D eigenvalue weighted by atomic mass is 32.2. The van der Waals surface area contributed by atoms with E-state index < -0.39 is 21.7 Å². The number of fused-ring (bicyclic) bond motifs is 1. The van der Waals surface area contributed by atoms with Gasteiger partial charge in [0, 0.05) is 55.2 Å².